The van der Waals surface area contributed by atoms with Gasteiger partial charge in [0.25, 0.3) is 0 Å². The van der Waals surface area contributed by atoms with Gasteiger partial charge in [-0.3, -0.25) is 0 Å². The summed E-state index contributed by atoms with van der Waals surface area (Å²) in [5, 5.41) is 30.0. The quantitative estimate of drug-likeness (QED) is 0.841. The molecule has 0 saturated carbocycles. The smallest absolute Gasteiger partial charge is 0.191 e. The molecule has 2 aromatic rings. The maximum atomic E-state index is 10.1. The van der Waals surface area contributed by atoms with Crippen LogP contribution in [0.4, 0.5) is 0 Å². The van der Waals surface area contributed by atoms with Gasteiger partial charge in [-0.1, -0.05) is 60.7 Å². The van der Waals surface area contributed by atoms with Gasteiger partial charge in [0.05, 0.1) is 23.4 Å². The van der Waals surface area contributed by atoms with E-state index in [2.05, 4.69) is 23.1 Å². The molecule has 2 aliphatic rings. The summed E-state index contributed by atoms with van der Waals surface area (Å²) in [4.78, 5) is 2.13. The van der Waals surface area contributed by atoms with Crippen molar-refractivity contribution in [3.63, 3.8) is 0 Å². The normalized spacial score (nSPS) is 22.8. The third kappa shape index (κ3) is 2.87. The van der Waals surface area contributed by atoms with Crippen LogP contribution >= 0.6 is 0 Å². The Labute approximate surface area is 176 Å². The second kappa shape index (κ2) is 7.53. The first-order valence-corrected chi connectivity index (χ1v) is 9.83. The molecule has 2 N–H and O–H groups in total. The molecule has 0 unspecified atom stereocenters. The molecule has 5 nitrogen and oxygen atoms in total. The summed E-state index contributed by atoms with van der Waals surface area (Å²) in [6, 6.07) is 24.6. The van der Waals surface area contributed by atoms with Crippen molar-refractivity contribution in [3.8, 4) is 29.3 Å². The highest BCUT2D eigenvalue weighted by molar-refractivity contribution is 5.65. The van der Waals surface area contributed by atoms with Crippen LogP contribution < -0.4 is 5.73 Å². The van der Waals surface area contributed by atoms with Crippen LogP contribution in [0.15, 0.2) is 77.5 Å². The van der Waals surface area contributed by atoms with Gasteiger partial charge in [-0.25, -0.2) is 0 Å². The van der Waals surface area contributed by atoms with Gasteiger partial charge in [0.1, 0.15) is 6.07 Å². The molecule has 1 aliphatic heterocycles. The van der Waals surface area contributed by atoms with E-state index >= 15 is 0 Å². The number of fused-ring (bicyclic) bond motifs is 1. The number of likely N-dealkylation sites (N-methyl/N-ethyl adjacent to an activating group) is 1. The number of rotatable bonds is 2. The van der Waals surface area contributed by atoms with Crippen LogP contribution in [0.3, 0.4) is 0 Å². The molecule has 4 rings (SSSR count). The Morgan fingerprint density at radius 2 is 1.60 bits per heavy atom. The van der Waals surface area contributed by atoms with Crippen molar-refractivity contribution >= 4 is 0 Å². The van der Waals surface area contributed by atoms with E-state index in [9.17, 15) is 15.8 Å². The number of hydrogen-bond acceptors (Lipinski definition) is 5. The van der Waals surface area contributed by atoms with Crippen molar-refractivity contribution in [2.24, 2.45) is 17.1 Å². The Morgan fingerprint density at radius 3 is 2.20 bits per heavy atom. The van der Waals surface area contributed by atoms with Crippen molar-refractivity contribution in [3.05, 3.63) is 83.1 Å². The molecule has 0 fully saturated rings. The monoisotopic (exact) mass is 391 g/mol. The zero-order valence-corrected chi connectivity index (χ0v) is 16.7. The summed E-state index contributed by atoms with van der Waals surface area (Å²) >= 11 is 0. The van der Waals surface area contributed by atoms with Crippen molar-refractivity contribution in [1.29, 1.82) is 15.8 Å². The van der Waals surface area contributed by atoms with Crippen molar-refractivity contribution in [2.45, 2.75) is 5.92 Å². The molecule has 0 aromatic heterocycles. The Kier molecular flexibility index (Phi) is 4.88. The molecule has 2 atom stereocenters. The summed E-state index contributed by atoms with van der Waals surface area (Å²) in [6.07, 6.45) is 2.00. The summed E-state index contributed by atoms with van der Waals surface area (Å²) in [5.74, 6) is -0.615. The fourth-order valence-electron chi connectivity index (χ4n) is 4.71. The molecule has 2 aromatic carbocycles. The molecule has 30 heavy (non-hydrogen) atoms. The zero-order chi connectivity index (χ0) is 21.3. The van der Waals surface area contributed by atoms with E-state index in [1.54, 1.807) is 0 Å². The van der Waals surface area contributed by atoms with Crippen LogP contribution in [0.1, 0.15) is 11.5 Å². The van der Waals surface area contributed by atoms with Crippen molar-refractivity contribution in [1.82, 2.24) is 4.90 Å². The third-order valence-electron chi connectivity index (χ3n) is 6.22. The van der Waals surface area contributed by atoms with E-state index in [-0.39, 0.29) is 17.2 Å². The van der Waals surface area contributed by atoms with Gasteiger partial charge in [-0.2, -0.15) is 15.8 Å². The molecule has 0 spiro atoms. The van der Waals surface area contributed by atoms with Crippen LogP contribution in [-0.2, 0) is 0 Å². The topological polar surface area (TPSA) is 101 Å². The van der Waals surface area contributed by atoms with E-state index in [0.717, 1.165) is 22.3 Å². The molecular formula is C25H21N5. The van der Waals surface area contributed by atoms with E-state index in [4.69, 9.17) is 5.73 Å². The van der Waals surface area contributed by atoms with Gasteiger partial charge >= 0.3 is 0 Å². The Bertz CT molecular complexity index is 1140. The number of nitriles is 3. The molecule has 0 saturated heterocycles. The van der Waals surface area contributed by atoms with E-state index in [1.165, 1.54) is 0 Å². The first kappa shape index (κ1) is 19.5. The first-order valence-electron chi connectivity index (χ1n) is 9.83. The molecule has 146 valence electrons. The minimum atomic E-state index is -1.58. The Hall–Kier alpha value is -3.85. The van der Waals surface area contributed by atoms with E-state index < -0.39 is 11.3 Å². The van der Waals surface area contributed by atoms with Crippen LogP contribution in [0, 0.1) is 45.3 Å². The molecular weight excluding hydrogens is 370 g/mol. The number of nitrogens with two attached hydrogens (primary N) is 1. The van der Waals surface area contributed by atoms with E-state index in [1.807, 2.05) is 67.7 Å². The van der Waals surface area contributed by atoms with Gasteiger partial charge in [0, 0.05) is 24.9 Å². The second-order valence-corrected chi connectivity index (χ2v) is 7.88. The van der Waals surface area contributed by atoms with Crippen molar-refractivity contribution in [2.75, 3.05) is 20.1 Å². The second-order valence-electron chi connectivity index (χ2n) is 7.88. The van der Waals surface area contributed by atoms with Gasteiger partial charge in [0.15, 0.2) is 5.41 Å². The third-order valence-corrected chi connectivity index (χ3v) is 6.22. The number of hydrogen-bond donors (Lipinski definition) is 1. The first-order chi connectivity index (χ1) is 14.6. The zero-order valence-electron chi connectivity index (χ0n) is 16.7. The summed E-state index contributed by atoms with van der Waals surface area (Å²) in [5.41, 5.74) is 9.00. The predicted molar refractivity (Wildman–Crippen MR) is 114 cm³/mol. The summed E-state index contributed by atoms with van der Waals surface area (Å²) in [6.45, 7) is 1.36. The van der Waals surface area contributed by atoms with Gasteiger partial charge in [-0.15, -0.1) is 0 Å². The van der Waals surface area contributed by atoms with Gasteiger partial charge in [0.2, 0.25) is 0 Å². The number of benzene rings is 2. The van der Waals surface area contributed by atoms with Crippen molar-refractivity contribution < 1.29 is 0 Å². The maximum absolute atomic E-state index is 10.1. The SMILES string of the molecule is CN1CC=C2C(C#N)=C(N)C(C#N)(C#N)[C@H](c3ccc(-c4ccccc4)cc3)[C@@H]2C1. The molecule has 5 heteroatoms. The fourth-order valence-corrected chi connectivity index (χ4v) is 4.71. The highest BCUT2D eigenvalue weighted by Crippen LogP contribution is 2.54. The average Bonchev–Trinajstić information content (AvgIpc) is 2.79. The predicted octanol–water partition coefficient (Wildman–Crippen LogP) is 3.71. The fraction of sp³-hybridized carbons (Fsp3) is 0.240. The van der Waals surface area contributed by atoms with Crippen LogP contribution in [0.5, 0.6) is 0 Å². The maximum Gasteiger partial charge on any atom is 0.191 e. The molecule has 0 amide bonds. The van der Waals surface area contributed by atoms with Gasteiger partial charge < -0.3 is 10.6 Å². The lowest BCUT2D eigenvalue weighted by atomic mass is 9.58. The average molecular weight is 391 g/mol. The lowest BCUT2D eigenvalue weighted by Gasteiger charge is -2.45. The standard InChI is InChI=1S/C25H21N5/c1-30-12-11-20-21(13-26)24(29)25(15-27,16-28)23(22(20)14-30)19-9-7-18(8-10-19)17-5-3-2-4-6-17/h2-11,22-23H,12,14,29H2,1H3/t22-,23-/m1/s1. The largest absolute Gasteiger partial charge is 0.399 e. The van der Waals surface area contributed by atoms with Gasteiger partial charge in [-0.05, 0) is 29.3 Å². The number of nitrogens with zero attached hydrogens (tertiary/aromatic N) is 4. The molecule has 1 aliphatic carbocycles. The summed E-state index contributed by atoms with van der Waals surface area (Å²) < 4.78 is 0. The minimum absolute atomic E-state index is 0.0687. The lowest BCUT2D eigenvalue weighted by molar-refractivity contribution is 0.237. The molecule has 0 radical (unpaired) electrons. The Balaban J connectivity index is 1.89. The van der Waals surface area contributed by atoms with Crippen LogP contribution in [0.2, 0.25) is 0 Å². The summed E-state index contributed by atoms with van der Waals surface area (Å²) in [7, 11) is 2.00. The highest BCUT2D eigenvalue weighted by atomic mass is 15.1. The van der Waals surface area contributed by atoms with E-state index in [0.29, 0.717) is 13.1 Å². The molecule has 0 bridgehead atoms. The van der Waals surface area contributed by atoms with Crippen LogP contribution in [-0.4, -0.2) is 25.0 Å². The Morgan fingerprint density at radius 1 is 0.967 bits per heavy atom. The van der Waals surface area contributed by atoms with Crippen LogP contribution in [0.25, 0.3) is 11.1 Å². The minimum Gasteiger partial charge on any atom is -0.399 e. The highest BCUT2D eigenvalue weighted by Gasteiger charge is 2.54. The lowest BCUT2D eigenvalue weighted by Crippen LogP contribution is -2.47. The molecule has 1 heterocycles. The number of allylic oxidation sites excluding steroid dienone is 2.